The van der Waals surface area contributed by atoms with E-state index in [-0.39, 0.29) is 0 Å². The van der Waals surface area contributed by atoms with Gasteiger partial charge in [-0.25, -0.2) is 9.37 Å². The van der Waals surface area contributed by atoms with E-state index < -0.39 is 21.9 Å². The van der Waals surface area contributed by atoms with E-state index in [2.05, 4.69) is 9.38 Å². The van der Waals surface area contributed by atoms with Crippen LogP contribution in [0.2, 0.25) is 5.02 Å². The van der Waals surface area contributed by atoms with E-state index in [0.717, 1.165) is 0 Å². The lowest BCUT2D eigenvalue weighted by atomic mass is 10.3. The van der Waals surface area contributed by atoms with Gasteiger partial charge in [-0.1, -0.05) is 16.0 Å². The molecule has 0 bridgehead atoms. The summed E-state index contributed by atoms with van der Waals surface area (Å²) in [6, 6.07) is 4.40. The Labute approximate surface area is 131 Å². The van der Waals surface area contributed by atoms with Crippen LogP contribution in [-0.4, -0.2) is 25.1 Å². The lowest BCUT2D eigenvalue weighted by molar-refractivity contribution is 0.562. The molecule has 112 valence electrons. The molecule has 1 aromatic heterocycles. The predicted octanol–water partition coefficient (Wildman–Crippen LogP) is 3.55. The summed E-state index contributed by atoms with van der Waals surface area (Å²) in [4.78, 5) is 4.09. The van der Waals surface area contributed by atoms with Crippen molar-refractivity contribution in [3.8, 4) is 5.69 Å². The van der Waals surface area contributed by atoms with Crippen molar-refractivity contribution in [2.75, 3.05) is 0 Å². The first-order valence-electron chi connectivity index (χ1n) is 6.23. The van der Waals surface area contributed by atoms with Crippen molar-refractivity contribution in [3.63, 3.8) is 0 Å². The van der Waals surface area contributed by atoms with Crippen LogP contribution in [0.4, 0.5) is 4.39 Å². The van der Waals surface area contributed by atoms with Crippen molar-refractivity contribution in [2.24, 2.45) is 4.40 Å². The van der Waals surface area contributed by atoms with Crippen molar-refractivity contribution >= 4 is 29.2 Å². The first-order valence-corrected chi connectivity index (χ1v) is 7.71. The highest BCUT2D eigenvalue weighted by atomic mass is 35.5. The van der Waals surface area contributed by atoms with Crippen LogP contribution in [0.15, 0.2) is 35.1 Å². The van der Waals surface area contributed by atoms with Crippen molar-refractivity contribution < 1.29 is 8.94 Å². The van der Waals surface area contributed by atoms with Crippen molar-refractivity contribution in [3.05, 3.63) is 47.3 Å². The predicted molar refractivity (Wildman–Crippen MR) is 84.0 cm³/mol. The molecule has 0 saturated heterocycles. The van der Waals surface area contributed by atoms with E-state index >= 15 is 0 Å². The molecule has 0 aliphatic rings. The maximum atomic E-state index is 13.8. The minimum Gasteiger partial charge on any atom is -0.591 e. The molecule has 0 fully saturated rings. The minimum absolute atomic E-state index is 0.332. The smallest absolute Gasteiger partial charge is 0.148 e. The minimum atomic E-state index is -1.35. The summed E-state index contributed by atoms with van der Waals surface area (Å²) in [5, 5.41) is 0.332. The fourth-order valence-corrected chi connectivity index (χ4v) is 2.17. The molecule has 2 aromatic rings. The molecule has 21 heavy (non-hydrogen) atoms. The van der Waals surface area contributed by atoms with Crippen LogP contribution in [-0.2, 0) is 11.4 Å². The fourth-order valence-electron chi connectivity index (χ4n) is 1.49. The van der Waals surface area contributed by atoms with Crippen LogP contribution in [0.25, 0.3) is 5.69 Å². The Kier molecular flexibility index (Phi) is 4.70. The molecule has 0 radical (unpaired) electrons. The monoisotopic (exact) mass is 327 g/mol. The molecular formula is C14H15ClFN3OS. The summed E-state index contributed by atoms with van der Waals surface area (Å²) < 4.78 is 30.7. The van der Waals surface area contributed by atoms with E-state index in [9.17, 15) is 8.94 Å². The van der Waals surface area contributed by atoms with Gasteiger partial charge >= 0.3 is 0 Å². The zero-order chi connectivity index (χ0) is 15.6. The second-order valence-corrected chi connectivity index (χ2v) is 7.77. The van der Waals surface area contributed by atoms with Crippen LogP contribution in [0.5, 0.6) is 0 Å². The van der Waals surface area contributed by atoms with Gasteiger partial charge in [0.25, 0.3) is 0 Å². The molecule has 0 amide bonds. The van der Waals surface area contributed by atoms with Gasteiger partial charge in [0, 0.05) is 11.2 Å². The Balaban J connectivity index is 2.20. The molecule has 1 heterocycles. The zero-order valence-corrected chi connectivity index (χ0v) is 13.5. The summed E-state index contributed by atoms with van der Waals surface area (Å²) >= 11 is 4.37. The van der Waals surface area contributed by atoms with Gasteiger partial charge in [0.1, 0.15) is 40.2 Å². The number of aromatic nitrogens is 2. The van der Waals surface area contributed by atoms with Gasteiger partial charge in [-0.15, -0.1) is 0 Å². The number of hydrogen-bond donors (Lipinski definition) is 0. The fraction of sp³-hybridized carbons (Fsp3) is 0.286. The van der Waals surface area contributed by atoms with Crippen LogP contribution in [0.3, 0.4) is 0 Å². The summed E-state index contributed by atoms with van der Waals surface area (Å²) in [6.07, 6.45) is 4.50. The average molecular weight is 328 g/mol. The van der Waals surface area contributed by atoms with E-state index in [1.807, 2.05) is 20.8 Å². The first kappa shape index (κ1) is 16.0. The molecule has 1 unspecified atom stereocenters. The molecule has 1 atom stereocenters. The topological polar surface area (TPSA) is 53.2 Å². The number of benzene rings is 1. The van der Waals surface area contributed by atoms with Gasteiger partial charge < -0.3 is 9.12 Å². The van der Waals surface area contributed by atoms with Gasteiger partial charge in [0.2, 0.25) is 0 Å². The van der Waals surface area contributed by atoms with Gasteiger partial charge in [-0.2, -0.15) is 0 Å². The normalized spacial score (nSPS) is 13.8. The van der Waals surface area contributed by atoms with Crippen LogP contribution >= 0.6 is 11.6 Å². The second-order valence-electron chi connectivity index (χ2n) is 5.40. The lowest BCUT2D eigenvalue weighted by Gasteiger charge is -2.17. The lowest BCUT2D eigenvalue weighted by Crippen LogP contribution is -2.25. The highest BCUT2D eigenvalue weighted by molar-refractivity contribution is 7.91. The quantitative estimate of drug-likeness (QED) is 0.639. The Morgan fingerprint density at radius 2 is 2.14 bits per heavy atom. The molecule has 2 rings (SSSR count). The van der Waals surface area contributed by atoms with Crippen LogP contribution < -0.4 is 0 Å². The Morgan fingerprint density at radius 1 is 1.43 bits per heavy atom. The van der Waals surface area contributed by atoms with E-state index in [1.165, 1.54) is 23.2 Å². The maximum Gasteiger partial charge on any atom is 0.148 e. The number of imidazole rings is 1. The molecule has 0 N–H and O–H groups in total. The second kappa shape index (κ2) is 6.17. The number of nitrogens with zero attached hydrogens (tertiary/aromatic N) is 3. The first-order chi connectivity index (χ1) is 9.77. The average Bonchev–Trinajstić information content (AvgIpc) is 2.83. The highest BCUT2D eigenvalue weighted by Gasteiger charge is 2.25. The molecule has 0 aliphatic heterocycles. The van der Waals surface area contributed by atoms with Crippen LogP contribution in [0.1, 0.15) is 26.5 Å². The summed E-state index contributed by atoms with van der Waals surface area (Å²) in [6.45, 7) is 5.51. The van der Waals surface area contributed by atoms with E-state index in [0.29, 0.717) is 16.4 Å². The Hall–Kier alpha value is -1.37. The molecule has 0 spiro atoms. The van der Waals surface area contributed by atoms with Crippen molar-refractivity contribution in [1.29, 1.82) is 0 Å². The van der Waals surface area contributed by atoms with Crippen LogP contribution in [0, 0.1) is 5.82 Å². The Morgan fingerprint density at radius 3 is 2.76 bits per heavy atom. The number of rotatable bonds is 3. The van der Waals surface area contributed by atoms with E-state index in [1.54, 1.807) is 18.3 Å². The third kappa shape index (κ3) is 4.06. The number of halogens is 2. The third-order valence-corrected chi connectivity index (χ3v) is 4.17. The molecule has 1 aromatic carbocycles. The molecule has 4 nitrogen and oxygen atoms in total. The molecule has 0 aliphatic carbocycles. The molecular weight excluding hydrogens is 313 g/mol. The Bertz CT molecular complexity index is 666. The largest absolute Gasteiger partial charge is 0.591 e. The van der Waals surface area contributed by atoms with Gasteiger partial charge in [-0.05, 0) is 39.0 Å². The van der Waals surface area contributed by atoms with Crippen molar-refractivity contribution in [1.82, 2.24) is 9.55 Å². The van der Waals surface area contributed by atoms with Gasteiger partial charge in [0.05, 0.1) is 5.69 Å². The zero-order valence-electron chi connectivity index (χ0n) is 11.9. The van der Waals surface area contributed by atoms with Crippen molar-refractivity contribution in [2.45, 2.75) is 25.5 Å². The summed E-state index contributed by atoms with van der Waals surface area (Å²) in [5.41, 5.74) is 0.838. The standard InChI is InChI=1S/C14H15ClFN3OS/c1-14(2,3)21(20)18-7-11-8-19(9-17-11)13-5-4-10(15)6-12(13)16/h4-9H,1-3H3. The summed E-state index contributed by atoms with van der Waals surface area (Å²) in [5.74, 6) is -0.443. The summed E-state index contributed by atoms with van der Waals surface area (Å²) in [7, 11) is 0. The molecule has 7 heteroatoms. The van der Waals surface area contributed by atoms with Gasteiger partial charge in [0.15, 0.2) is 0 Å². The van der Waals surface area contributed by atoms with E-state index in [4.69, 9.17) is 11.6 Å². The SMILES string of the molecule is CC(C)(C)[S+]([O-])N=Cc1cn(-c2ccc(Cl)cc2F)cn1. The maximum absolute atomic E-state index is 13.8. The number of hydrogen-bond acceptors (Lipinski definition) is 3. The highest BCUT2D eigenvalue weighted by Crippen LogP contribution is 2.19. The molecule has 0 saturated carbocycles. The third-order valence-electron chi connectivity index (χ3n) is 2.60. The van der Waals surface area contributed by atoms with Gasteiger partial charge in [-0.3, -0.25) is 0 Å².